The van der Waals surface area contributed by atoms with Gasteiger partial charge in [-0.1, -0.05) is 5.10 Å². The molecule has 0 atom stereocenters. The summed E-state index contributed by atoms with van der Waals surface area (Å²) in [6.07, 6.45) is 0. The van der Waals surface area contributed by atoms with Crippen LogP contribution in [0.3, 0.4) is 0 Å². The van der Waals surface area contributed by atoms with Crippen molar-refractivity contribution in [3.05, 3.63) is 50.9 Å². The predicted octanol–water partition coefficient (Wildman–Crippen LogP) is -0.360. The molecule has 30 heavy (non-hydrogen) atoms. The van der Waals surface area contributed by atoms with E-state index in [1.54, 1.807) is 0 Å². The molecule has 3 aromatic rings. The van der Waals surface area contributed by atoms with E-state index in [-0.39, 0.29) is 17.2 Å². The molecule has 1 aromatic carbocycles. The Morgan fingerprint density at radius 3 is 2.43 bits per heavy atom. The highest BCUT2D eigenvalue weighted by Crippen LogP contribution is 2.13. The van der Waals surface area contributed by atoms with E-state index in [4.69, 9.17) is 4.74 Å². The quantitative estimate of drug-likeness (QED) is 0.557. The van der Waals surface area contributed by atoms with Crippen LogP contribution in [0, 0.1) is 5.82 Å². The van der Waals surface area contributed by atoms with Crippen LogP contribution in [0.15, 0.2) is 33.9 Å². The maximum Gasteiger partial charge on any atom is 0.337 e. The van der Waals surface area contributed by atoms with Gasteiger partial charge in [-0.05, 0) is 31.3 Å². The normalized spacial score (nSPS) is 15.6. The first kappa shape index (κ1) is 20.1. The molecule has 0 unspecified atom stereocenters. The van der Waals surface area contributed by atoms with Crippen molar-refractivity contribution in [1.82, 2.24) is 34.1 Å². The minimum Gasteiger partial charge on any atom is -0.461 e. The second kappa shape index (κ2) is 8.28. The van der Waals surface area contributed by atoms with Gasteiger partial charge in [0.2, 0.25) is 0 Å². The molecule has 1 aliphatic rings. The SMILES string of the molecule is CN1CCN(CCOc2nnc3c(n2)c(=O)n(C)c(=O)n3-c2ccc(F)cc2)CC1. The summed E-state index contributed by atoms with van der Waals surface area (Å²) in [6, 6.07) is 5.24. The summed E-state index contributed by atoms with van der Waals surface area (Å²) in [5, 5.41) is 7.94. The number of halogens is 1. The minimum absolute atomic E-state index is 0.0128. The summed E-state index contributed by atoms with van der Waals surface area (Å²) < 4.78 is 21.0. The van der Waals surface area contributed by atoms with Gasteiger partial charge in [0, 0.05) is 39.8 Å². The second-order valence-corrected chi connectivity index (χ2v) is 7.22. The highest BCUT2D eigenvalue weighted by atomic mass is 19.1. The zero-order valence-corrected chi connectivity index (χ0v) is 16.8. The van der Waals surface area contributed by atoms with Crippen LogP contribution in [0.4, 0.5) is 4.39 Å². The van der Waals surface area contributed by atoms with Gasteiger partial charge < -0.3 is 9.64 Å². The van der Waals surface area contributed by atoms with Gasteiger partial charge in [0.25, 0.3) is 5.56 Å². The van der Waals surface area contributed by atoms with Crippen LogP contribution in [0.25, 0.3) is 16.9 Å². The molecule has 0 aliphatic carbocycles. The molecule has 0 spiro atoms. The Labute approximate surface area is 171 Å². The first-order chi connectivity index (χ1) is 14.4. The number of hydrogen-bond acceptors (Lipinski definition) is 8. The van der Waals surface area contributed by atoms with Crippen molar-refractivity contribution < 1.29 is 9.13 Å². The van der Waals surface area contributed by atoms with Gasteiger partial charge in [-0.15, -0.1) is 5.10 Å². The molecular weight excluding hydrogens is 393 g/mol. The van der Waals surface area contributed by atoms with Gasteiger partial charge in [0.05, 0.1) is 5.69 Å². The van der Waals surface area contributed by atoms with Crippen molar-refractivity contribution in [2.75, 3.05) is 46.4 Å². The standard InChI is InChI=1S/C19H22FN7O3/c1-24-7-9-26(10-8-24)11-12-30-18-21-15-16(22-23-18)27(19(29)25(2)17(15)28)14-5-3-13(20)4-6-14/h3-6H,7-12H2,1-2H3. The molecule has 2 aromatic heterocycles. The van der Waals surface area contributed by atoms with E-state index in [9.17, 15) is 14.0 Å². The Balaban J connectivity index is 1.62. The first-order valence-electron chi connectivity index (χ1n) is 9.60. The van der Waals surface area contributed by atoms with Gasteiger partial charge in [-0.25, -0.2) is 13.8 Å². The number of aromatic nitrogens is 5. The van der Waals surface area contributed by atoms with Crippen LogP contribution in [0.1, 0.15) is 0 Å². The zero-order chi connectivity index (χ0) is 21.3. The molecule has 1 saturated heterocycles. The van der Waals surface area contributed by atoms with E-state index < -0.39 is 17.1 Å². The fourth-order valence-corrected chi connectivity index (χ4v) is 3.31. The molecule has 11 heteroatoms. The molecule has 10 nitrogen and oxygen atoms in total. The lowest BCUT2D eigenvalue weighted by molar-refractivity contribution is 0.131. The van der Waals surface area contributed by atoms with Crippen LogP contribution in [-0.2, 0) is 7.05 Å². The van der Waals surface area contributed by atoms with Gasteiger partial charge in [0.1, 0.15) is 12.4 Å². The summed E-state index contributed by atoms with van der Waals surface area (Å²) in [6.45, 7) is 5.00. The summed E-state index contributed by atoms with van der Waals surface area (Å²) in [4.78, 5) is 34.0. The fraction of sp³-hybridized carbons (Fsp3) is 0.421. The second-order valence-electron chi connectivity index (χ2n) is 7.22. The third-order valence-corrected chi connectivity index (χ3v) is 5.17. The molecule has 4 rings (SSSR count). The lowest BCUT2D eigenvalue weighted by Gasteiger charge is -2.31. The number of rotatable bonds is 5. The lowest BCUT2D eigenvalue weighted by atomic mass is 10.3. The Bertz CT molecular complexity index is 1170. The smallest absolute Gasteiger partial charge is 0.337 e. The molecular formula is C19H22FN7O3. The highest BCUT2D eigenvalue weighted by Gasteiger charge is 2.18. The summed E-state index contributed by atoms with van der Waals surface area (Å²) in [5.74, 6) is -0.443. The Hall–Kier alpha value is -3.18. The number of ether oxygens (including phenoxy) is 1. The van der Waals surface area contributed by atoms with Crippen LogP contribution in [0.5, 0.6) is 6.01 Å². The lowest BCUT2D eigenvalue weighted by Crippen LogP contribution is -2.45. The van der Waals surface area contributed by atoms with Crippen molar-refractivity contribution >= 4 is 11.2 Å². The van der Waals surface area contributed by atoms with E-state index >= 15 is 0 Å². The van der Waals surface area contributed by atoms with Crippen LogP contribution < -0.4 is 16.0 Å². The van der Waals surface area contributed by atoms with Gasteiger partial charge in [-0.2, -0.15) is 4.98 Å². The molecule has 3 heterocycles. The Morgan fingerprint density at radius 1 is 1.03 bits per heavy atom. The maximum atomic E-state index is 13.3. The molecule has 0 radical (unpaired) electrons. The van der Waals surface area contributed by atoms with E-state index in [2.05, 4.69) is 32.0 Å². The minimum atomic E-state index is -0.626. The third-order valence-electron chi connectivity index (χ3n) is 5.17. The number of fused-ring (bicyclic) bond motifs is 1. The molecule has 0 saturated carbocycles. The Kier molecular flexibility index (Phi) is 5.55. The third kappa shape index (κ3) is 3.94. The Morgan fingerprint density at radius 2 is 1.73 bits per heavy atom. The zero-order valence-electron chi connectivity index (χ0n) is 16.8. The largest absolute Gasteiger partial charge is 0.461 e. The average molecular weight is 415 g/mol. The summed E-state index contributed by atoms with van der Waals surface area (Å²) in [5.41, 5.74) is -0.944. The van der Waals surface area contributed by atoms with Crippen LogP contribution in [-0.4, -0.2) is 80.5 Å². The van der Waals surface area contributed by atoms with Crippen LogP contribution in [0.2, 0.25) is 0 Å². The summed E-state index contributed by atoms with van der Waals surface area (Å²) in [7, 11) is 3.44. The van der Waals surface area contributed by atoms with Crippen molar-refractivity contribution in [2.45, 2.75) is 0 Å². The monoisotopic (exact) mass is 415 g/mol. The van der Waals surface area contributed by atoms with E-state index in [1.165, 1.54) is 35.9 Å². The average Bonchev–Trinajstić information content (AvgIpc) is 2.75. The van der Waals surface area contributed by atoms with E-state index in [1.807, 2.05) is 0 Å². The first-order valence-corrected chi connectivity index (χ1v) is 9.60. The van der Waals surface area contributed by atoms with Gasteiger partial charge >= 0.3 is 11.7 Å². The highest BCUT2D eigenvalue weighted by molar-refractivity contribution is 5.70. The molecule has 1 fully saturated rings. The number of piperazine rings is 1. The number of likely N-dealkylation sites (N-methyl/N-ethyl adjacent to an activating group) is 1. The van der Waals surface area contributed by atoms with E-state index in [0.29, 0.717) is 18.8 Å². The number of hydrogen-bond donors (Lipinski definition) is 0. The number of benzene rings is 1. The van der Waals surface area contributed by atoms with Gasteiger partial charge in [-0.3, -0.25) is 14.3 Å². The van der Waals surface area contributed by atoms with Crippen molar-refractivity contribution in [2.24, 2.45) is 7.05 Å². The van der Waals surface area contributed by atoms with Crippen molar-refractivity contribution in [3.63, 3.8) is 0 Å². The van der Waals surface area contributed by atoms with Crippen molar-refractivity contribution in [1.29, 1.82) is 0 Å². The molecule has 0 amide bonds. The topological polar surface area (TPSA) is 98.4 Å². The van der Waals surface area contributed by atoms with Crippen LogP contribution >= 0.6 is 0 Å². The molecule has 0 bridgehead atoms. The van der Waals surface area contributed by atoms with Gasteiger partial charge in [0.15, 0.2) is 11.2 Å². The summed E-state index contributed by atoms with van der Waals surface area (Å²) >= 11 is 0. The molecule has 1 aliphatic heterocycles. The number of nitrogens with zero attached hydrogens (tertiary/aromatic N) is 7. The predicted molar refractivity (Wildman–Crippen MR) is 108 cm³/mol. The molecule has 158 valence electrons. The fourth-order valence-electron chi connectivity index (χ4n) is 3.31. The molecule has 0 N–H and O–H groups in total. The van der Waals surface area contributed by atoms with Crippen molar-refractivity contribution in [3.8, 4) is 11.7 Å². The van der Waals surface area contributed by atoms with E-state index in [0.717, 1.165) is 30.7 Å². The maximum absolute atomic E-state index is 13.3.